The minimum atomic E-state index is 0.172. The van der Waals surface area contributed by atoms with E-state index in [0.29, 0.717) is 12.6 Å². The number of hydrogen-bond acceptors (Lipinski definition) is 5. The lowest BCUT2D eigenvalue weighted by molar-refractivity contribution is -0.130. The fourth-order valence-corrected chi connectivity index (χ4v) is 3.06. The van der Waals surface area contributed by atoms with Gasteiger partial charge >= 0.3 is 0 Å². The highest BCUT2D eigenvalue weighted by Gasteiger charge is 2.20. The molecule has 0 radical (unpaired) electrons. The SMILES string of the molecule is CC(C)NCC(=O)N1CCCN(c2ccc(-c3ccccc3)nn2)CC1. The van der Waals surface area contributed by atoms with Crippen molar-refractivity contribution in [2.45, 2.75) is 26.3 Å². The van der Waals surface area contributed by atoms with E-state index in [1.807, 2.05) is 47.4 Å². The Morgan fingerprint density at radius 2 is 1.85 bits per heavy atom. The Labute approximate surface area is 155 Å². The molecule has 1 N–H and O–H groups in total. The van der Waals surface area contributed by atoms with E-state index in [1.54, 1.807) is 0 Å². The summed E-state index contributed by atoms with van der Waals surface area (Å²) in [5.74, 6) is 1.05. The van der Waals surface area contributed by atoms with Crippen molar-refractivity contribution in [3.05, 3.63) is 42.5 Å². The summed E-state index contributed by atoms with van der Waals surface area (Å²) in [6.45, 7) is 7.70. The Balaban J connectivity index is 1.59. The van der Waals surface area contributed by atoms with Crippen molar-refractivity contribution in [3.8, 4) is 11.3 Å². The van der Waals surface area contributed by atoms with Crippen molar-refractivity contribution in [2.75, 3.05) is 37.6 Å². The maximum atomic E-state index is 12.3. The van der Waals surface area contributed by atoms with Gasteiger partial charge in [-0.1, -0.05) is 44.2 Å². The molecule has 0 atom stereocenters. The van der Waals surface area contributed by atoms with Crippen molar-refractivity contribution in [3.63, 3.8) is 0 Å². The summed E-state index contributed by atoms with van der Waals surface area (Å²) in [6.07, 6.45) is 0.940. The van der Waals surface area contributed by atoms with Gasteiger partial charge in [-0.2, -0.15) is 0 Å². The van der Waals surface area contributed by atoms with Crippen molar-refractivity contribution in [1.82, 2.24) is 20.4 Å². The van der Waals surface area contributed by atoms with E-state index in [4.69, 9.17) is 0 Å². The molecule has 2 heterocycles. The first-order chi connectivity index (χ1) is 12.6. The zero-order valence-electron chi connectivity index (χ0n) is 15.6. The molecule has 6 nitrogen and oxygen atoms in total. The molecule has 1 amide bonds. The first-order valence-electron chi connectivity index (χ1n) is 9.29. The molecule has 1 aromatic heterocycles. The van der Waals surface area contributed by atoms with E-state index >= 15 is 0 Å². The molecule has 3 rings (SSSR count). The topological polar surface area (TPSA) is 61.4 Å². The Morgan fingerprint density at radius 1 is 1.04 bits per heavy atom. The number of aromatic nitrogens is 2. The summed E-state index contributed by atoms with van der Waals surface area (Å²) >= 11 is 0. The van der Waals surface area contributed by atoms with Crippen molar-refractivity contribution in [2.24, 2.45) is 0 Å². The third kappa shape index (κ3) is 4.79. The number of nitrogens with zero attached hydrogens (tertiary/aromatic N) is 4. The molecule has 0 saturated carbocycles. The molecule has 1 fully saturated rings. The average Bonchev–Trinajstić information content (AvgIpc) is 2.93. The molecule has 0 aliphatic carbocycles. The van der Waals surface area contributed by atoms with E-state index in [-0.39, 0.29) is 5.91 Å². The second-order valence-corrected chi connectivity index (χ2v) is 6.90. The van der Waals surface area contributed by atoms with Gasteiger partial charge in [0, 0.05) is 37.8 Å². The van der Waals surface area contributed by atoms with Crippen LogP contribution in [0.2, 0.25) is 0 Å². The number of carbonyl (C=O) groups excluding carboxylic acids is 1. The number of benzene rings is 1. The van der Waals surface area contributed by atoms with E-state index in [2.05, 4.69) is 34.3 Å². The molecule has 26 heavy (non-hydrogen) atoms. The van der Waals surface area contributed by atoms with Crippen LogP contribution in [0.3, 0.4) is 0 Å². The first-order valence-corrected chi connectivity index (χ1v) is 9.29. The minimum Gasteiger partial charge on any atom is -0.353 e. The van der Waals surface area contributed by atoms with Gasteiger partial charge in [0.1, 0.15) is 0 Å². The number of rotatable bonds is 5. The highest BCUT2D eigenvalue weighted by atomic mass is 16.2. The van der Waals surface area contributed by atoms with Crippen molar-refractivity contribution >= 4 is 11.7 Å². The van der Waals surface area contributed by atoms with Crippen LogP contribution in [0.5, 0.6) is 0 Å². The molecule has 1 aliphatic heterocycles. The molecule has 0 unspecified atom stereocenters. The molecule has 138 valence electrons. The summed E-state index contributed by atoms with van der Waals surface area (Å²) in [4.78, 5) is 16.5. The van der Waals surface area contributed by atoms with Gasteiger partial charge < -0.3 is 15.1 Å². The van der Waals surface area contributed by atoms with Gasteiger partial charge in [0.15, 0.2) is 5.82 Å². The van der Waals surface area contributed by atoms with Crippen LogP contribution in [0.4, 0.5) is 5.82 Å². The predicted octanol–water partition coefficient (Wildman–Crippen LogP) is 2.18. The predicted molar refractivity (Wildman–Crippen MR) is 104 cm³/mol. The van der Waals surface area contributed by atoms with Crippen LogP contribution in [0.25, 0.3) is 11.3 Å². The standard InChI is InChI=1S/C20H27N5O/c1-16(2)21-15-20(26)25-12-6-11-24(13-14-25)19-10-9-18(22-23-19)17-7-4-3-5-8-17/h3-5,7-10,16,21H,6,11-15H2,1-2H3. The fraction of sp³-hybridized carbons (Fsp3) is 0.450. The average molecular weight is 353 g/mol. The van der Waals surface area contributed by atoms with Gasteiger partial charge in [0.2, 0.25) is 5.91 Å². The maximum Gasteiger partial charge on any atom is 0.236 e. The highest BCUT2D eigenvalue weighted by molar-refractivity contribution is 5.78. The van der Waals surface area contributed by atoms with Gasteiger partial charge in [-0.3, -0.25) is 4.79 Å². The zero-order chi connectivity index (χ0) is 18.4. The van der Waals surface area contributed by atoms with Gasteiger partial charge in [-0.25, -0.2) is 0 Å². The van der Waals surface area contributed by atoms with E-state index in [0.717, 1.165) is 49.7 Å². The van der Waals surface area contributed by atoms with Crippen LogP contribution in [-0.2, 0) is 4.79 Å². The van der Waals surface area contributed by atoms with Crippen LogP contribution < -0.4 is 10.2 Å². The number of amides is 1. The van der Waals surface area contributed by atoms with Gasteiger partial charge in [-0.15, -0.1) is 10.2 Å². The maximum absolute atomic E-state index is 12.3. The third-order valence-electron chi connectivity index (χ3n) is 4.55. The Hall–Kier alpha value is -2.47. The second-order valence-electron chi connectivity index (χ2n) is 6.90. The fourth-order valence-electron chi connectivity index (χ4n) is 3.06. The lowest BCUT2D eigenvalue weighted by atomic mass is 10.1. The van der Waals surface area contributed by atoms with Crippen LogP contribution >= 0.6 is 0 Å². The van der Waals surface area contributed by atoms with Crippen LogP contribution in [0.15, 0.2) is 42.5 Å². The van der Waals surface area contributed by atoms with E-state index < -0.39 is 0 Å². The molecule has 1 aromatic carbocycles. The minimum absolute atomic E-state index is 0.172. The lowest BCUT2D eigenvalue weighted by Gasteiger charge is -2.23. The Morgan fingerprint density at radius 3 is 2.54 bits per heavy atom. The third-order valence-corrected chi connectivity index (χ3v) is 4.55. The highest BCUT2D eigenvalue weighted by Crippen LogP contribution is 2.19. The van der Waals surface area contributed by atoms with Gasteiger partial charge in [-0.05, 0) is 18.6 Å². The van der Waals surface area contributed by atoms with Crippen LogP contribution in [0, 0.1) is 0 Å². The molecule has 6 heteroatoms. The quantitative estimate of drug-likeness (QED) is 0.893. The van der Waals surface area contributed by atoms with Crippen LogP contribution in [-0.4, -0.2) is 59.8 Å². The first kappa shape index (κ1) is 18.3. The molecule has 1 saturated heterocycles. The molecule has 0 bridgehead atoms. The Bertz CT molecular complexity index is 702. The summed E-state index contributed by atoms with van der Waals surface area (Å²) < 4.78 is 0. The lowest BCUT2D eigenvalue weighted by Crippen LogP contribution is -2.42. The molecule has 2 aromatic rings. The molecular formula is C20H27N5O. The van der Waals surface area contributed by atoms with E-state index in [9.17, 15) is 4.79 Å². The molecule has 0 spiro atoms. The number of carbonyl (C=O) groups is 1. The summed E-state index contributed by atoms with van der Waals surface area (Å²) in [5, 5.41) is 12.0. The number of nitrogens with one attached hydrogen (secondary N) is 1. The van der Waals surface area contributed by atoms with Gasteiger partial charge in [0.25, 0.3) is 0 Å². The van der Waals surface area contributed by atoms with Gasteiger partial charge in [0.05, 0.1) is 12.2 Å². The molecule has 1 aliphatic rings. The summed E-state index contributed by atoms with van der Waals surface area (Å²) in [7, 11) is 0. The van der Waals surface area contributed by atoms with E-state index in [1.165, 1.54) is 0 Å². The normalized spacial score (nSPS) is 15.2. The Kier molecular flexibility index (Phi) is 6.17. The number of anilines is 1. The monoisotopic (exact) mass is 353 g/mol. The van der Waals surface area contributed by atoms with Crippen molar-refractivity contribution in [1.29, 1.82) is 0 Å². The van der Waals surface area contributed by atoms with Crippen LogP contribution in [0.1, 0.15) is 20.3 Å². The van der Waals surface area contributed by atoms with Crippen molar-refractivity contribution < 1.29 is 4.79 Å². The zero-order valence-corrected chi connectivity index (χ0v) is 15.6. The number of hydrogen-bond donors (Lipinski definition) is 1. The summed E-state index contributed by atoms with van der Waals surface area (Å²) in [5.41, 5.74) is 1.94. The smallest absolute Gasteiger partial charge is 0.236 e. The molecular weight excluding hydrogens is 326 g/mol. The second kappa shape index (κ2) is 8.76. The largest absolute Gasteiger partial charge is 0.353 e. The summed E-state index contributed by atoms with van der Waals surface area (Å²) in [6, 6.07) is 14.4.